The van der Waals surface area contributed by atoms with E-state index >= 15 is 0 Å². The highest BCUT2D eigenvalue weighted by molar-refractivity contribution is 9.10. The monoisotopic (exact) mass is 553 g/mol. The minimum absolute atomic E-state index is 0.0628. The summed E-state index contributed by atoms with van der Waals surface area (Å²) in [5.41, 5.74) is 6.83. The van der Waals surface area contributed by atoms with Crippen LogP contribution in [-0.4, -0.2) is 30.1 Å². The number of carbonyl (C=O) groups is 2. The van der Waals surface area contributed by atoms with Gasteiger partial charge in [0.05, 0.1) is 16.6 Å². The molecule has 3 aromatic rings. The van der Waals surface area contributed by atoms with Crippen molar-refractivity contribution in [2.75, 3.05) is 13.2 Å². The van der Waals surface area contributed by atoms with Gasteiger partial charge in [0, 0.05) is 12.0 Å². The third-order valence-electron chi connectivity index (χ3n) is 4.69. The van der Waals surface area contributed by atoms with Crippen LogP contribution in [0.2, 0.25) is 0 Å². The third-order valence-corrected chi connectivity index (χ3v) is 5.51. The van der Waals surface area contributed by atoms with Crippen molar-refractivity contribution in [2.24, 2.45) is 0 Å². The molecule has 0 aliphatic carbocycles. The lowest BCUT2D eigenvalue weighted by Gasteiger charge is -2.13. The van der Waals surface area contributed by atoms with Gasteiger partial charge in [-0.15, -0.1) is 0 Å². The number of amides is 2. The number of para-hydroxylation sites is 1. The van der Waals surface area contributed by atoms with Crippen molar-refractivity contribution < 1.29 is 19.1 Å². The van der Waals surface area contributed by atoms with Gasteiger partial charge in [-0.3, -0.25) is 25.8 Å². The van der Waals surface area contributed by atoms with Crippen LogP contribution in [0.4, 0.5) is 0 Å². The van der Waals surface area contributed by atoms with E-state index in [1.54, 1.807) is 48.5 Å². The number of ether oxygens (including phenoxy) is 2. The van der Waals surface area contributed by atoms with Gasteiger partial charge in [0.15, 0.2) is 5.11 Å². The van der Waals surface area contributed by atoms with Gasteiger partial charge < -0.3 is 9.47 Å². The molecular weight excluding hydrogens is 530 g/mol. The van der Waals surface area contributed by atoms with E-state index in [2.05, 4.69) is 38.7 Å². The zero-order valence-electron chi connectivity index (χ0n) is 18.8. The number of hydrazine groups is 1. The highest BCUT2D eigenvalue weighted by Gasteiger charge is 2.14. The molecule has 0 spiro atoms. The van der Waals surface area contributed by atoms with Gasteiger partial charge in [0.2, 0.25) is 0 Å². The first kappa shape index (κ1) is 25.9. The Morgan fingerprint density at radius 3 is 2.40 bits per heavy atom. The summed E-state index contributed by atoms with van der Waals surface area (Å²) in [4.78, 5) is 25.0. The topological polar surface area (TPSA) is 88.7 Å². The molecule has 3 aromatic carbocycles. The summed E-state index contributed by atoms with van der Waals surface area (Å²) in [6, 6.07) is 21.8. The number of nitrogens with one attached hydrogen (secondary N) is 3. The molecule has 3 rings (SSSR count). The fourth-order valence-corrected chi connectivity index (χ4v) is 3.64. The maximum atomic E-state index is 12.6. The van der Waals surface area contributed by atoms with E-state index < -0.39 is 11.8 Å². The third kappa shape index (κ3) is 7.94. The van der Waals surface area contributed by atoms with Crippen molar-refractivity contribution in [3.8, 4) is 11.5 Å². The van der Waals surface area contributed by atoms with Crippen molar-refractivity contribution in [3.63, 3.8) is 0 Å². The zero-order valence-corrected chi connectivity index (χ0v) is 21.2. The van der Waals surface area contributed by atoms with Crippen LogP contribution in [0.3, 0.4) is 0 Å². The van der Waals surface area contributed by atoms with Crippen molar-refractivity contribution in [3.05, 3.63) is 107 Å². The fourth-order valence-electron chi connectivity index (χ4n) is 3.00. The van der Waals surface area contributed by atoms with Crippen LogP contribution < -0.4 is 25.6 Å². The van der Waals surface area contributed by atoms with E-state index in [1.165, 1.54) is 5.56 Å². The Morgan fingerprint density at radius 2 is 1.66 bits per heavy atom. The van der Waals surface area contributed by atoms with E-state index in [9.17, 15) is 9.59 Å². The maximum absolute atomic E-state index is 12.6. The molecule has 0 unspecified atom stereocenters. The quantitative estimate of drug-likeness (QED) is 0.204. The fraction of sp³-hybridized carbons (Fsp3) is 0.115. The van der Waals surface area contributed by atoms with E-state index in [1.807, 2.05) is 30.3 Å². The minimum Gasteiger partial charge on any atom is -0.492 e. The molecular formula is C26H24BrN3O4S. The van der Waals surface area contributed by atoms with Gasteiger partial charge in [-0.05, 0) is 64.0 Å². The molecule has 0 aliphatic heterocycles. The second-order valence-electron chi connectivity index (χ2n) is 7.19. The van der Waals surface area contributed by atoms with Crippen molar-refractivity contribution >= 4 is 45.1 Å². The molecule has 9 heteroatoms. The normalized spacial score (nSPS) is 10.1. The average molecular weight is 554 g/mol. The van der Waals surface area contributed by atoms with Crippen molar-refractivity contribution in [1.82, 2.24) is 16.2 Å². The molecule has 0 fully saturated rings. The lowest BCUT2D eigenvalue weighted by molar-refractivity contribution is 0.0931. The Morgan fingerprint density at radius 1 is 0.914 bits per heavy atom. The van der Waals surface area contributed by atoms with Crippen molar-refractivity contribution in [2.45, 2.75) is 6.42 Å². The Balaban J connectivity index is 1.49. The molecule has 2 amide bonds. The molecule has 0 bridgehead atoms. The SMILES string of the molecule is C=CCOc1ccccc1C(=O)NNC(=S)NC(=O)c1ccc(OCCc2ccccc2)c(Br)c1. The lowest BCUT2D eigenvalue weighted by atomic mass is 10.2. The van der Waals surface area contributed by atoms with Crippen LogP contribution >= 0.6 is 28.1 Å². The summed E-state index contributed by atoms with van der Waals surface area (Å²) in [5, 5.41) is 2.46. The number of hydrogen-bond donors (Lipinski definition) is 3. The number of rotatable bonds is 9. The van der Waals surface area contributed by atoms with E-state index in [0.717, 1.165) is 6.42 Å². The Hall–Kier alpha value is -3.69. The van der Waals surface area contributed by atoms with Gasteiger partial charge in [-0.25, -0.2) is 0 Å². The lowest BCUT2D eigenvalue weighted by Crippen LogP contribution is -2.48. The molecule has 7 nitrogen and oxygen atoms in total. The largest absolute Gasteiger partial charge is 0.492 e. The number of carbonyl (C=O) groups excluding carboxylic acids is 2. The first-order valence-corrected chi connectivity index (χ1v) is 11.9. The summed E-state index contributed by atoms with van der Waals surface area (Å²) in [7, 11) is 0. The average Bonchev–Trinajstić information content (AvgIpc) is 2.87. The number of halogens is 1. The predicted octanol–water partition coefficient (Wildman–Crippen LogP) is 4.58. The summed E-state index contributed by atoms with van der Waals surface area (Å²) in [5.74, 6) is 0.115. The minimum atomic E-state index is -0.471. The molecule has 0 heterocycles. The van der Waals surface area contributed by atoms with Gasteiger partial charge in [-0.1, -0.05) is 55.1 Å². The van der Waals surface area contributed by atoms with Crippen LogP contribution in [0.25, 0.3) is 0 Å². The summed E-state index contributed by atoms with van der Waals surface area (Å²) in [6.07, 6.45) is 2.35. The smallest absolute Gasteiger partial charge is 0.273 e. The number of benzene rings is 3. The van der Waals surface area contributed by atoms with Crippen LogP contribution in [0.1, 0.15) is 26.3 Å². The van der Waals surface area contributed by atoms with E-state index in [-0.39, 0.29) is 11.7 Å². The molecule has 0 saturated carbocycles. The first-order chi connectivity index (χ1) is 17.0. The summed E-state index contributed by atoms with van der Waals surface area (Å²) >= 11 is 8.57. The standard InChI is InChI=1S/C26H24BrN3O4S/c1-2-15-33-22-11-7-6-10-20(22)25(32)29-30-26(35)28-24(31)19-12-13-23(21(27)17-19)34-16-14-18-8-4-3-5-9-18/h2-13,17H,1,14-16H2,(H,29,32)(H2,28,30,31,35). The van der Waals surface area contributed by atoms with Gasteiger partial charge in [-0.2, -0.15) is 0 Å². The second-order valence-corrected chi connectivity index (χ2v) is 8.45. The molecule has 35 heavy (non-hydrogen) atoms. The highest BCUT2D eigenvalue weighted by Crippen LogP contribution is 2.26. The molecule has 0 atom stereocenters. The molecule has 0 radical (unpaired) electrons. The summed E-state index contributed by atoms with van der Waals surface area (Å²) in [6.45, 7) is 4.36. The van der Waals surface area contributed by atoms with E-state index in [4.69, 9.17) is 21.7 Å². The predicted molar refractivity (Wildman–Crippen MR) is 143 cm³/mol. The van der Waals surface area contributed by atoms with Crippen LogP contribution in [0.5, 0.6) is 11.5 Å². The Kier molecular flexibility index (Phi) is 9.82. The van der Waals surface area contributed by atoms with Crippen LogP contribution in [0.15, 0.2) is 89.9 Å². The molecule has 0 aromatic heterocycles. The van der Waals surface area contributed by atoms with Gasteiger partial charge in [0.25, 0.3) is 11.8 Å². The Labute approximate surface area is 217 Å². The number of hydrogen-bond acceptors (Lipinski definition) is 5. The van der Waals surface area contributed by atoms with Crippen molar-refractivity contribution in [1.29, 1.82) is 0 Å². The number of thiocarbonyl (C=S) groups is 1. The molecule has 180 valence electrons. The highest BCUT2D eigenvalue weighted by atomic mass is 79.9. The van der Waals surface area contributed by atoms with Crippen LogP contribution in [0, 0.1) is 0 Å². The van der Waals surface area contributed by atoms with Gasteiger partial charge >= 0.3 is 0 Å². The molecule has 0 saturated heterocycles. The molecule has 3 N–H and O–H groups in total. The first-order valence-electron chi connectivity index (χ1n) is 10.7. The van der Waals surface area contributed by atoms with Crippen LogP contribution in [-0.2, 0) is 6.42 Å². The van der Waals surface area contributed by atoms with E-state index in [0.29, 0.717) is 33.7 Å². The summed E-state index contributed by atoms with van der Waals surface area (Å²) < 4.78 is 11.9. The maximum Gasteiger partial charge on any atom is 0.273 e. The molecule has 0 aliphatic rings. The second kappa shape index (κ2) is 13.3. The zero-order chi connectivity index (χ0) is 25.0. The van der Waals surface area contributed by atoms with Gasteiger partial charge in [0.1, 0.15) is 18.1 Å². The Bertz CT molecular complexity index is 1200.